The fraction of sp³-hybridized carbons (Fsp3) is 0.600. The van der Waals surface area contributed by atoms with Crippen LogP contribution in [0.3, 0.4) is 0 Å². The van der Waals surface area contributed by atoms with Gasteiger partial charge < -0.3 is 5.21 Å². The van der Waals surface area contributed by atoms with Crippen molar-refractivity contribution in [3.8, 4) is 0 Å². The van der Waals surface area contributed by atoms with Gasteiger partial charge in [0.05, 0.1) is 6.26 Å². The quantitative estimate of drug-likeness (QED) is 0.459. The zero-order valence-corrected chi connectivity index (χ0v) is 13.9. The zero-order chi connectivity index (χ0) is 16.3. The zero-order valence-electron chi connectivity index (χ0n) is 13.1. The molecule has 6 heteroatoms. The lowest BCUT2D eigenvalue weighted by molar-refractivity contribution is -0.0991. The monoisotopic (exact) mass is 317 g/mol. The van der Waals surface area contributed by atoms with Gasteiger partial charge in [-0.1, -0.05) is 44.2 Å². The first-order valence-electron chi connectivity index (χ1n) is 7.08. The summed E-state index contributed by atoms with van der Waals surface area (Å²) in [6, 6.07) is 10.5. The lowest BCUT2D eigenvalue weighted by Gasteiger charge is -2.16. The normalized spacial score (nSPS) is 11.4. The largest absolute Gasteiger partial charge is 0.314 e. The second-order valence-corrected chi connectivity index (χ2v) is 6.95. The van der Waals surface area contributed by atoms with Crippen LogP contribution < -0.4 is 0 Å². The minimum absolute atomic E-state index is 0.527. The molecule has 0 radical (unpaired) electrons. The van der Waals surface area contributed by atoms with Crippen molar-refractivity contribution in [2.45, 2.75) is 33.1 Å². The molecule has 2 N–H and O–H groups in total. The van der Waals surface area contributed by atoms with Gasteiger partial charge in [0.2, 0.25) is 0 Å². The highest BCUT2D eigenvalue weighted by molar-refractivity contribution is 7.85. The maximum Gasteiger partial charge on any atom is 0.261 e. The number of benzene rings is 1. The molecule has 0 saturated carbocycles. The van der Waals surface area contributed by atoms with Crippen LogP contribution in [-0.2, 0) is 16.5 Å². The third-order valence-corrected chi connectivity index (χ3v) is 2.55. The topological polar surface area (TPSA) is 77.8 Å². The number of unbranched alkanes of at least 4 members (excludes halogenated alkanes) is 1. The van der Waals surface area contributed by atoms with E-state index in [4.69, 9.17) is 4.55 Å². The Balaban J connectivity index is 0.000000690. The summed E-state index contributed by atoms with van der Waals surface area (Å²) in [6.07, 6.45) is 4.01. The van der Waals surface area contributed by atoms with E-state index in [1.165, 1.54) is 10.6 Å². The Morgan fingerprint density at radius 2 is 1.67 bits per heavy atom. The summed E-state index contributed by atoms with van der Waals surface area (Å²) in [6.45, 7) is 5.79. The number of hydrogen-bond acceptors (Lipinski definition) is 4. The average molecular weight is 317 g/mol. The third-order valence-electron chi connectivity index (χ3n) is 2.55. The summed E-state index contributed by atoms with van der Waals surface area (Å²) in [7, 11) is -3.67. The molecule has 0 aliphatic carbocycles. The van der Waals surface area contributed by atoms with Crippen LogP contribution in [0, 0.1) is 5.92 Å². The molecule has 0 aliphatic rings. The van der Waals surface area contributed by atoms with Crippen molar-refractivity contribution in [1.29, 1.82) is 0 Å². The third kappa shape index (κ3) is 17.0. The molecule has 0 heterocycles. The molecule has 0 aromatic heterocycles. The standard InChI is InChI=1S/C14H23NO.CH4O3S/c1-13(2)12-15(16)11-7-6-10-14-8-4-3-5-9-14;1-5(2,3)4/h3-5,8-9,13,16H,6-7,10-12H2,1-2H3;1H3,(H,2,3,4). The van der Waals surface area contributed by atoms with E-state index in [2.05, 4.69) is 38.1 Å². The molecule has 0 amide bonds. The molecule has 1 rings (SSSR count). The van der Waals surface area contributed by atoms with Gasteiger partial charge in [-0.15, -0.1) is 0 Å². The summed E-state index contributed by atoms with van der Waals surface area (Å²) in [5, 5.41) is 11.0. The van der Waals surface area contributed by atoms with E-state index < -0.39 is 10.1 Å². The Labute approximate surface area is 128 Å². The molecule has 0 atom stereocenters. The smallest absolute Gasteiger partial charge is 0.261 e. The molecule has 0 aliphatic heterocycles. The van der Waals surface area contributed by atoms with Crippen LogP contribution in [0.25, 0.3) is 0 Å². The van der Waals surface area contributed by atoms with Crippen molar-refractivity contribution in [3.63, 3.8) is 0 Å². The first-order valence-corrected chi connectivity index (χ1v) is 8.93. The Morgan fingerprint density at radius 1 is 1.14 bits per heavy atom. The minimum atomic E-state index is -3.67. The molecule has 1 aromatic carbocycles. The summed E-state index contributed by atoms with van der Waals surface area (Å²) < 4.78 is 25.9. The Morgan fingerprint density at radius 3 is 2.14 bits per heavy atom. The molecular formula is C15H27NO4S. The summed E-state index contributed by atoms with van der Waals surface area (Å²) in [5.74, 6) is 0.527. The van der Waals surface area contributed by atoms with Crippen molar-refractivity contribution in [3.05, 3.63) is 35.9 Å². The van der Waals surface area contributed by atoms with Gasteiger partial charge in [0.15, 0.2) is 0 Å². The summed E-state index contributed by atoms with van der Waals surface area (Å²) >= 11 is 0. The van der Waals surface area contributed by atoms with E-state index in [0.717, 1.165) is 32.4 Å². The van der Waals surface area contributed by atoms with Crippen LogP contribution in [0.4, 0.5) is 0 Å². The lowest BCUT2D eigenvalue weighted by atomic mass is 10.1. The first-order chi connectivity index (χ1) is 9.68. The van der Waals surface area contributed by atoms with Gasteiger partial charge in [0.1, 0.15) is 0 Å². The highest BCUT2D eigenvalue weighted by atomic mass is 32.2. The Kier molecular flexibility index (Phi) is 10.2. The van der Waals surface area contributed by atoms with E-state index >= 15 is 0 Å². The maximum absolute atomic E-state index is 9.55. The van der Waals surface area contributed by atoms with Gasteiger partial charge in [-0.05, 0) is 30.7 Å². The molecule has 1 aromatic rings. The lowest BCUT2D eigenvalue weighted by Crippen LogP contribution is -2.25. The van der Waals surface area contributed by atoms with Gasteiger partial charge >= 0.3 is 0 Å². The van der Waals surface area contributed by atoms with Crippen molar-refractivity contribution < 1.29 is 18.2 Å². The van der Waals surface area contributed by atoms with E-state index in [1.54, 1.807) is 0 Å². The van der Waals surface area contributed by atoms with Crippen LogP contribution in [-0.4, -0.2) is 42.6 Å². The average Bonchev–Trinajstić information content (AvgIpc) is 2.33. The molecule has 0 spiro atoms. The van der Waals surface area contributed by atoms with Gasteiger partial charge in [0.25, 0.3) is 10.1 Å². The second kappa shape index (κ2) is 10.7. The second-order valence-electron chi connectivity index (χ2n) is 5.48. The molecular weight excluding hydrogens is 290 g/mol. The SMILES string of the molecule is CC(C)CN(O)CCCCc1ccccc1.CS(=O)(=O)O. The number of rotatable bonds is 7. The van der Waals surface area contributed by atoms with Gasteiger partial charge in [-0.2, -0.15) is 13.5 Å². The fourth-order valence-electron chi connectivity index (χ4n) is 1.78. The Bertz CT molecular complexity index is 452. The molecule has 122 valence electrons. The van der Waals surface area contributed by atoms with Crippen molar-refractivity contribution in [2.24, 2.45) is 5.92 Å². The predicted octanol–water partition coefficient (Wildman–Crippen LogP) is 2.86. The molecule has 5 nitrogen and oxygen atoms in total. The van der Waals surface area contributed by atoms with Crippen molar-refractivity contribution in [2.75, 3.05) is 19.3 Å². The maximum atomic E-state index is 9.55. The molecule has 21 heavy (non-hydrogen) atoms. The highest BCUT2D eigenvalue weighted by Gasteiger charge is 2.02. The van der Waals surface area contributed by atoms with Crippen LogP contribution in [0.1, 0.15) is 32.3 Å². The molecule has 0 fully saturated rings. The van der Waals surface area contributed by atoms with Crippen molar-refractivity contribution in [1.82, 2.24) is 5.06 Å². The van der Waals surface area contributed by atoms with Crippen LogP contribution in [0.2, 0.25) is 0 Å². The van der Waals surface area contributed by atoms with Crippen molar-refractivity contribution >= 4 is 10.1 Å². The van der Waals surface area contributed by atoms with Crippen LogP contribution in [0.15, 0.2) is 30.3 Å². The van der Waals surface area contributed by atoms with Gasteiger partial charge in [0, 0.05) is 13.1 Å². The fourth-order valence-corrected chi connectivity index (χ4v) is 1.78. The van der Waals surface area contributed by atoms with E-state index in [1.807, 2.05) is 6.07 Å². The molecule has 0 bridgehead atoms. The first kappa shape index (κ1) is 20.1. The number of hydrogen-bond donors (Lipinski definition) is 2. The highest BCUT2D eigenvalue weighted by Crippen LogP contribution is 2.05. The Hall–Kier alpha value is -0.950. The number of hydroxylamine groups is 2. The van der Waals surface area contributed by atoms with E-state index in [0.29, 0.717) is 12.2 Å². The summed E-state index contributed by atoms with van der Waals surface area (Å²) in [5.41, 5.74) is 1.39. The van der Waals surface area contributed by atoms with Gasteiger partial charge in [-0.25, -0.2) is 0 Å². The minimum Gasteiger partial charge on any atom is -0.314 e. The molecule has 0 unspecified atom stereocenters. The predicted molar refractivity (Wildman–Crippen MR) is 85.1 cm³/mol. The van der Waals surface area contributed by atoms with Crippen LogP contribution >= 0.6 is 0 Å². The van der Waals surface area contributed by atoms with E-state index in [9.17, 15) is 13.6 Å². The molecule has 0 saturated heterocycles. The van der Waals surface area contributed by atoms with Gasteiger partial charge in [-0.3, -0.25) is 4.55 Å². The van der Waals surface area contributed by atoms with E-state index in [-0.39, 0.29) is 0 Å². The number of aryl methyl sites for hydroxylation is 1. The van der Waals surface area contributed by atoms with Crippen LogP contribution in [0.5, 0.6) is 0 Å². The summed E-state index contributed by atoms with van der Waals surface area (Å²) in [4.78, 5) is 0. The number of nitrogens with zero attached hydrogens (tertiary/aromatic N) is 1.